The van der Waals surface area contributed by atoms with Gasteiger partial charge in [0.1, 0.15) is 0 Å². The lowest BCUT2D eigenvalue weighted by molar-refractivity contribution is -0.149. The van der Waals surface area contributed by atoms with E-state index in [1.165, 1.54) is 0 Å². The van der Waals surface area contributed by atoms with E-state index in [0.717, 1.165) is 33.3 Å². The van der Waals surface area contributed by atoms with Crippen LogP contribution in [0.15, 0.2) is 71.3 Å². The summed E-state index contributed by atoms with van der Waals surface area (Å²) < 4.78 is 7.07. The minimum Gasteiger partial charge on any atom is -0.386 e. The molecule has 0 unspecified atom stereocenters. The van der Waals surface area contributed by atoms with E-state index in [2.05, 4.69) is 28.8 Å². The average Bonchev–Trinajstić information content (AvgIpc) is 3.11. The molecule has 0 amide bonds. The van der Waals surface area contributed by atoms with E-state index in [1.807, 2.05) is 51.1 Å². The van der Waals surface area contributed by atoms with Gasteiger partial charge in [-0.3, -0.25) is 0 Å². The monoisotopic (exact) mass is 371 g/mol. The lowest BCUT2D eigenvalue weighted by atomic mass is 10.0. The molecule has 0 aliphatic carbocycles. The molecule has 2 aromatic carbocycles. The van der Waals surface area contributed by atoms with E-state index < -0.39 is 11.9 Å². The molecule has 140 valence electrons. The van der Waals surface area contributed by atoms with E-state index in [1.54, 1.807) is 6.08 Å². The number of hydrogen-bond donors (Lipinski definition) is 0. The number of carbonyl (C=O) groups excluding carboxylic acids is 2. The molecule has 1 fully saturated rings. The van der Waals surface area contributed by atoms with Crippen molar-refractivity contribution in [2.24, 2.45) is 0 Å². The third-order valence-electron chi connectivity index (χ3n) is 5.12. The van der Waals surface area contributed by atoms with Crippen LogP contribution in [0, 0.1) is 6.92 Å². The minimum atomic E-state index is -0.586. The quantitative estimate of drug-likeness (QED) is 0.377. The van der Waals surface area contributed by atoms with Crippen molar-refractivity contribution in [1.29, 1.82) is 0 Å². The van der Waals surface area contributed by atoms with Crippen molar-refractivity contribution in [3.05, 3.63) is 88.1 Å². The van der Waals surface area contributed by atoms with Crippen LogP contribution in [-0.2, 0) is 20.9 Å². The van der Waals surface area contributed by atoms with Gasteiger partial charge in [-0.25, -0.2) is 9.59 Å². The van der Waals surface area contributed by atoms with Gasteiger partial charge >= 0.3 is 11.9 Å². The summed E-state index contributed by atoms with van der Waals surface area (Å²) in [6.07, 6.45) is 1.80. The zero-order valence-electron chi connectivity index (χ0n) is 16.2. The van der Waals surface area contributed by atoms with Gasteiger partial charge < -0.3 is 9.30 Å². The molecule has 1 aromatic heterocycles. The van der Waals surface area contributed by atoms with Gasteiger partial charge in [0.2, 0.25) is 0 Å². The van der Waals surface area contributed by atoms with Crippen LogP contribution in [0.25, 0.3) is 17.0 Å². The molecule has 4 rings (SSSR count). The summed E-state index contributed by atoms with van der Waals surface area (Å²) in [5, 5.41) is 1.13. The molecule has 4 heteroatoms. The molecular formula is C24H21NO3. The van der Waals surface area contributed by atoms with Crippen LogP contribution in [0.1, 0.15) is 30.7 Å². The Morgan fingerprint density at radius 3 is 2.36 bits per heavy atom. The molecule has 1 aliphatic heterocycles. The number of carbonyl (C=O) groups is 2. The van der Waals surface area contributed by atoms with Gasteiger partial charge in [-0.05, 0) is 44.0 Å². The summed E-state index contributed by atoms with van der Waals surface area (Å²) in [5.74, 6) is -1.16. The van der Waals surface area contributed by atoms with E-state index in [4.69, 9.17) is 4.74 Å². The number of aryl methyl sites for hydroxylation is 1. The summed E-state index contributed by atoms with van der Waals surface area (Å²) in [6.45, 7) is 6.34. The van der Waals surface area contributed by atoms with Gasteiger partial charge in [-0.2, -0.15) is 0 Å². The number of ether oxygens (including phenoxy) is 1. The number of fused-ring (bicyclic) bond motifs is 1. The fourth-order valence-corrected chi connectivity index (χ4v) is 3.76. The first-order chi connectivity index (χ1) is 13.5. The fourth-order valence-electron chi connectivity index (χ4n) is 3.76. The largest absolute Gasteiger partial charge is 0.386 e. The second-order valence-electron chi connectivity index (χ2n) is 7.21. The van der Waals surface area contributed by atoms with Crippen LogP contribution >= 0.6 is 0 Å². The van der Waals surface area contributed by atoms with Crippen molar-refractivity contribution in [2.75, 3.05) is 0 Å². The van der Waals surface area contributed by atoms with Crippen LogP contribution in [0.5, 0.6) is 0 Å². The third kappa shape index (κ3) is 2.97. The lowest BCUT2D eigenvalue weighted by Gasteiger charge is -2.10. The number of allylic oxidation sites excluding steroid dienone is 1. The molecule has 0 radical (unpaired) electrons. The van der Waals surface area contributed by atoms with Crippen molar-refractivity contribution in [3.63, 3.8) is 0 Å². The van der Waals surface area contributed by atoms with Gasteiger partial charge in [0, 0.05) is 23.1 Å². The minimum absolute atomic E-state index is 0.324. The summed E-state index contributed by atoms with van der Waals surface area (Å²) >= 11 is 0. The van der Waals surface area contributed by atoms with Crippen molar-refractivity contribution in [2.45, 2.75) is 27.3 Å². The molecule has 0 saturated carbocycles. The van der Waals surface area contributed by atoms with Crippen molar-refractivity contribution >= 4 is 28.9 Å². The Morgan fingerprint density at radius 2 is 1.64 bits per heavy atom. The standard InChI is InChI=1S/C24H21NO3/c1-15(2)22-19(23(26)28-24(22)27)13-21-16(3)18-11-7-8-12-20(18)25(21)14-17-9-5-4-6-10-17/h4-13H,14H2,1-3H3/b19-13-. The van der Waals surface area contributed by atoms with E-state index in [-0.39, 0.29) is 0 Å². The Labute approximate surface area is 163 Å². The summed E-state index contributed by atoms with van der Waals surface area (Å²) in [6, 6.07) is 18.4. The second kappa shape index (κ2) is 6.97. The second-order valence-corrected chi connectivity index (χ2v) is 7.21. The molecule has 2 heterocycles. The number of nitrogens with zero attached hydrogens (tertiary/aromatic N) is 1. The van der Waals surface area contributed by atoms with Crippen molar-refractivity contribution < 1.29 is 14.3 Å². The zero-order chi connectivity index (χ0) is 19.8. The Kier molecular flexibility index (Phi) is 4.47. The highest BCUT2D eigenvalue weighted by Crippen LogP contribution is 2.32. The Hall–Kier alpha value is -3.40. The number of aromatic nitrogens is 1. The lowest BCUT2D eigenvalue weighted by Crippen LogP contribution is -2.04. The predicted molar refractivity (Wildman–Crippen MR) is 110 cm³/mol. The zero-order valence-corrected chi connectivity index (χ0v) is 16.2. The first kappa shape index (κ1) is 18.0. The van der Waals surface area contributed by atoms with Crippen LogP contribution in [0.4, 0.5) is 0 Å². The maximum absolute atomic E-state index is 12.3. The van der Waals surface area contributed by atoms with Crippen molar-refractivity contribution in [3.8, 4) is 0 Å². The Morgan fingerprint density at radius 1 is 0.964 bits per heavy atom. The Bertz CT molecular complexity index is 1160. The van der Waals surface area contributed by atoms with E-state index in [9.17, 15) is 9.59 Å². The number of benzene rings is 2. The molecule has 4 nitrogen and oxygen atoms in total. The number of rotatable bonds is 3. The van der Waals surface area contributed by atoms with E-state index >= 15 is 0 Å². The summed E-state index contributed by atoms with van der Waals surface area (Å²) in [7, 11) is 0. The van der Waals surface area contributed by atoms with Gasteiger partial charge in [-0.15, -0.1) is 0 Å². The highest BCUT2D eigenvalue weighted by atomic mass is 16.6. The number of hydrogen-bond acceptors (Lipinski definition) is 3. The highest BCUT2D eigenvalue weighted by molar-refractivity contribution is 6.20. The first-order valence-electron chi connectivity index (χ1n) is 9.25. The van der Waals surface area contributed by atoms with E-state index in [0.29, 0.717) is 17.7 Å². The fraction of sp³-hybridized carbons (Fsp3) is 0.167. The van der Waals surface area contributed by atoms with Gasteiger partial charge in [0.15, 0.2) is 0 Å². The molecule has 0 spiro atoms. The average molecular weight is 371 g/mol. The molecule has 0 atom stereocenters. The maximum Gasteiger partial charge on any atom is 0.346 e. The van der Waals surface area contributed by atoms with Crippen molar-refractivity contribution in [1.82, 2.24) is 4.57 Å². The van der Waals surface area contributed by atoms with Crippen LogP contribution in [0.3, 0.4) is 0 Å². The number of esters is 2. The molecule has 0 N–H and O–H groups in total. The van der Waals surface area contributed by atoms with Crippen LogP contribution in [-0.4, -0.2) is 16.5 Å². The molecule has 0 bridgehead atoms. The molecule has 1 aliphatic rings. The predicted octanol–water partition coefficient (Wildman–Crippen LogP) is 4.80. The molecule has 3 aromatic rings. The third-order valence-corrected chi connectivity index (χ3v) is 5.12. The maximum atomic E-state index is 12.3. The highest BCUT2D eigenvalue weighted by Gasteiger charge is 2.34. The van der Waals surface area contributed by atoms with Gasteiger partial charge in [0.25, 0.3) is 0 Å². The topological polar surface area (TPSA) is 48.3 Å². The molecular weight excluding hydrogens is 350 g/mol. The number of cyclic esters (lactones) is 2. The smallest absolute Gasteiger partial charge is 0.346 e. The first-order valence-corrected chi connectivity index (χ1v) is 9.25. The molecule has 1 saturated heterocycles. The van der Waals surface area contributed by atoms with Gasteiger partial charge in [-0.1, -0.05) is 54.1 Å². The summed E-state index contributed by atoms with van der Waals surface area (Å²) in [4.78, 5) is 24.5. The van der Waals surface area contributed by atoms with Gasteiger partial charge in [0.05, 0.1) is 11.1 Å². The SMILES string of the molecule is CC(C)=C1C(=O)OC(=O)/C1=C\c1c(C)c2ccccc2n1Cc1ccccc1. The summed E-state index contributed by atoms with van der Waals surface area (Å²) in [5.41, 5.74) is 5.68. The van der Waals surface area contributed by atoms with Crippen LogP contribution < -0.4 is 0 Å². The number of para-hydroxylation sites is 1. The Balaban J connectivity index is 1.95. The molecule has 28 heavy (non-hydrogen) atoms. The van der Waals surface area contributed by atoms with Crippen LogP contribution in [0.2, 0.25) is 0 Å². The normalized spacial score (nSPS) is 15.5.